The van der Waals surface area contributed by atoms with E-state index in [1.54, 1.807) is 0 Å². The first-order chi connectivity index (χ1) is 32.1. The number of nitrogens with zero attached hydrogens (tertiary/aromatic N) is 2. The Kier molecular flexibility index (Phi) is 11.4. The van der Waals surface area contributed by atoms with Gasteiger partial charge in [0.05, 0.1) is 22.8 Å². The predicted molar refractivity (Wildman–Crippen MR) is 286 cm³/mol. The van der Waals surface area contributed by atoms with Crippen molar-refractivity contribution in [3.63, 3.8) is 0 Å². The number of carbonyl (C=O) groups is 2. The average molecular weight is 895 g/mol. The summed E-state index contributed by atoms with van der Waals surface area (Å²) in [6, 6.07) is 38.1. The van der Waals surface area contributed by atoms with Crippen LogP contribution in [0.5, 0.6) is 0 Å². The number of H-pyrrole nitrogens is 2. The van der Waals surface area contributed by atoms with Crippen LogP contribution in [0.2, 0.25) is 0 Å². The number of hydrogen-bond acceptors (Lipinski definition) is 4. The van der Waals surface area contributed by atoms with Crippen LogP contribution < -0.4 is 0 Å². The molecule has 2 aliphatic rings. The molecule has 2 aliphatic heterocycles. The highest BCUT2D eigenvalue weighted by Crippen LogP contribution is 2.42. The molecule has 8 bridgehead atoms. The Bertz CT molecular complexity index is 3090. The van der Waals surface area contributed by atoms with Gasteiger partial charge in [-0.15, -0.1) is 0 Å². The molecule has 3 aromatic heterocycles. The minimum Gasteiger partial charge on any atom is -0.354 e. The van der Waals surface area contributed by atoms with Crippen molar-refractivity contribution in [1.82, 2.24) is 19.9 Å². The minimum absolute atomic E-state index is 0.117. The van der Waals surface area contributed by atoms with Crippen LogP contribution in [0.3, 0.4) is 0 Å². The van der Waals surface area contributed by atoms with Crippen LogP contribution in [0, 0.1) is 0 Å². The number of aromatic nitrogens is 4. The molecule has 0 spiro atoms. The molecule has 6 nitrogen and oxygen atoms in total. The largest absolute Gasteiger partial charge is 0.354 e. The van der Waals surface area contributed by atoms with E-state index < -0.39 is 0 Å². The first kappa shape index (κ1) is 46.0. The third-order valence-electron chi connectivity index (χ3n) is 13.3. The second kappa shape index (κ2) is 16.9. The maximum atomic E-state index is 11.9. The van der Waals surface area contributed by atoms with E-state index in [0.29, 0.717) is 11.1 Å². The van der Waals surface area contributed by atoms with Gasteiger partial charge in [-0.05, 0) is 115 Å². The lowest BCUT2D eigenvalue weighted by Gasteiger charge is -2.26. The smallest absolute Gasteiger partial charge is 0.150 e. The van der Waals surface area contributed by atoms with E-state index in [1.165, 1.54) is 22.3 Å². The molecule has 0 unspecified atom stereocenters. The number of rotatable bonds is 6. The maximum absolute atomic E-state index is 11.9. The average Bonchev–Trinajstić information content (AvgIpc) is 4.14. The van der Waals surface area contributed by atoms with Crippen molar-refractivity contribution in [2.75, 3.05) is 0 Å². The van der Waals surface area contributed by atoms with Gasteiger partial charge >= 0.3 is 0 Å². The van der Waals surface area contributed by atoms with Gasteiger partial charge in [0.2, 0.25) is 0 Å². The normalized spacial score (nSPS) is 13.0. The summed E-state index contributed by atoms with van der Waals surface area (Å²) in [5, 5.41) is 0. The first-order valence-electron chi connectivity index (χ1n) is 23.7. The van der Waals surface area contributed by atoms with Crippen molar-refractivity contribution in [2.45, 2.75) is 105 Å². The van der Waals surface area contributed by atoms with Crippen molar-refractivity contribution >= 4 is 58.9 Å². The molecule has 68 heavy (non-hydrogen) atoms. The summed E-state index contributed by atoms with van der Waals surface area (Å²) in [5.74, 6) is 0. The second-order valence-corrected chi connectivity index (χ2v) is 22.6. The molecular formula is C62H62N4O2. The summed E-state index contributed by atoms with van der Waals surface area (Å²) in [7, 11) is 0. The number of aromatic amines is 2. The first-order valence-corrected chi connectivity index (χ1v) is 23.7. The number of nitrogens with one attached hydrogen (secondary N) is 2. The van der Waals surface area contributed by atoms with E-state index in [-0.39, 0.29) is 21.7 Å². The Morgan fingerprint density at radius 2 is 0.588 bits per heavy atom. The van der Waals surface area contributed by atoms with Gasteiger partial charge in [-0.2, -0.15) is 0 Å². The van der Waals surface area contributed by atoms with Crippen LogP contribution >= 0.6 is 0 Å². The molecule has 0 atom stereocenters. The predicted octanol–water partition coefficient (Wildman–Crippen LogP) is 16.1. The van der Waals surface area contributed by atoms with E-state index >= 15 is 0 Å². The molecule has 6 heteroatoms. The van der Waals surface area contributed by atoms with Gasteiger partial charge in [-0.3, -0.25) is 9.59 Å². The van der Waals surface area contributed by atoms with E-state index in [0.717, 1.165) is 102 Å². The molecule has 0 aliphatic carbocycles. The zero-order valence-corrected chi connectivity index (χ0v) is 41.6. The van der Waals surface area contributed by atoms with Gasteiger partial charge < -0.3 is 9.97 Å². The molecular weight excluding hydrogens is 833 g/mol. The van der Waals surface area contributed by atoms with Crippen LogP contribution in [0.25, 0.3) is 90.9 Å². The Morgan fingerprint density at radius 3 is 0.824 bits per heavy atom. The van der Waals surface area contributed by atoms with Crippen molar-refractivity contribution in [1.29, 1.82) is 0 Å². The highest BCUT2D eigenvalue weighted by Gasteiger charge is 2.26. The van der Waals surface area contributed by atoms with Crippen LogP contribution in [0.1, 0.15) is 149 Å². The summed E-state index contributed by atoms with van der Waals surface area (Å²) >= 11 is 0. The quantitative estimate of drug-likeness (QED) is 0.163. The van der Waals surface area contributed by atoms with Crippen LogP contribution in [0.15, 0.2) is 109 Å². The standard InChI is InChI=1S/C62H62N4O2/c1-59(2,3)43-29-41(30-44(33-43)60(4,5)6)57-51-25-21-47(63-51)55(39-17-13-37(35-67)14-18-39)49-23-27-53(65-49)58(42-31-45(61(7,8)9)34-46(32-42)62(10,11)12)54-28-24-50(66-54)56(48-22-26-52(57)64-48)40-19-15-38(36-68)16-20-40/h13-36,63,66H,1-12H3. The third-order valence-corrected chi connectivity index (χ3v) is 13.3. The van der Waals surface area contributed by atoms with Gasteiger partial charge in [-0.1, -0.05) is 168 Å². The third kappa shape index (κ3) is 8.88. The summed E-state index contributed by atoms with van der Waals surface area (Å²) < 4.78 is 0. The highest BCUT2D eigenvalue weighted by molar-refractivity contribution is 6.00. The Hall–Kier alpha value is -7.18. The van der Waals surface area contributed by atoms with Gasteiger partial charge in [0.15, 0.2) is 0 Å². The topological polar surface area (TPSA) is 91.5 Å². The maximum Gasteiger partial charge on any atom is 0.150 e. The monoisotopic (exact) mass is 894 g/mol. The lowest BCUT2D eigenvalue weighted by atomic mass is 9.78. The number of aldehydes is 2. The molecule has 9 rings (SSSR count). The van der Waals surface area contributed by atoms with E-state index in [9.17, 15) is 9.59 Å². The van der Waals surface area contributed by atoms with Crippen molar-refractivity contribution in [3.05, 3.63) is 165 Å². The van der Waals surface area contributed by atoms with Crippen LogP contribution in [-0.4, -0.2) is 32.5 Å². The molecule has 342 valence electrons. The van der Waals surface area contributed by atoms with Gasteiger partial charge in [0.1, 0.15) is 12.6 Å². The Morgan fingerprint density at radius 1 is 0.338 bits per heavy atom. The molecule has 0 saturated carbocycles. The van der Waals surface area contributed by atoms with Crippen molar-refractivity contribution in [3.8, 4) is 44.5 Å². The Balaban J connectivity index is 1.49. The zero-order valence-electron chi connectivity index (χ0n) is 41.6. The molecule has 0 radical (unpaired) electrons. The SMILES string of the molecule is CC(C)(C)c1cc(-c2c3nc(c(-c4ccc(C=O)cc4)c4ccc([nH]4)c(-c4cc(C(C)(C)C)cc(C(C)(C)C)c4)c4nc(c(-c5ccc(C=O)cc5)c5ccc2[nH]5)C=C4)C=C3)cc(C(C)(C)C)c1. The molecule has 0 amide bonds. The van der Waals surface area contributed by atoms with Crippen molar-refractivity contribution < 1.29 is 9.59 Å². The number of hydrogen-bond donors (Lipinski definition) is 2. The Labute approximate surface area is 401 Å². The molecule has 0 saturated heterocycles. The summed E-state index contributed by atoms with van der Waals surface area (Å²) in [4.78, 5) is 42.8. The van der Waals surface area contributed by atoms with Crippen LogP contribution in [0.4, 0.5) is 0 Å². The fourth-order valence-electron chi connectivity index (χ4n) is 9.15. The lowest BCUT2D eigenvalue weighted by molar-refractivity contribution is 0.111. The zero-order chi connectivity index (χ0) is 48.5. The van der Waals surface area contributed by atoms with Gasteiger partial charge in [-0.25, -0.2) is 9.97 Å². The summed E-state index contributed by atoms with van der Waals surface area (Å²) in [6.07, 6.45) is 10.2. The fourth-order valence-corrected chi connectivity index (χ4v) is 9.15. The van der Waals surface area contributed by atoms with E-state index in [2.05, 4.69) is 178 Å². The highest BCUT2D eigenvalue weighted by atomic mass is 16.1. The molecule has 7 aromatic rings. The molecule has 5 heterocycles. The van der Waals surface area contributed by atoms with Gasteiger partial charge in [0.25, 0.3) is 0 Å². The summed E-state index contributed by atoms with van der Waals surface area (Å²) in [6.45, 7) is 27.2. The van der Waals surface area contributed by atoms with Crippen molar-refractivity contribution in [2.24, 2.45) is 0 Å². The van der Waals surface area contributed by atoms with E-state index in [1.807, 2.05) is 48.5 Å². The number of carbonyl (C=O) groups excluding carboxylic acids is 2. The summed E-state index contributed by atoms with van der Waals surface area (Å²) in [5.41, 5.74) is 20.4. The van der Waals surface area contributed by atoms with E-state index in [4.69, 9.17) is 9.97 Å². The second-order valence-electron chi connectivity index (χ2n) is 22.6. The van der Waals surface area contributed by atoms with Crippen LogP contribution in [-0.2, 0) is 21.7 Å². The molecule has 0 fully saturated rings. The molecule has 4 aromatic carbocycles. The minimum atomic E-state index is -0.117. The number of benzene rings is 4. The molecule has 2 N–H and O–H groups in total. The van der Waals surface area contributed by atoms with Gasteiger partial charge in [0, 0.05) is 55.4 Å². The lowest BCUT2D eigenvalue weighted by Crippen LogP contribution is -2.16. The number of fused-ring (bicyclic) bond motifs is 8. The fraction of sp³-hybridized carbons (Fsp3) is 0.258.